The summed E-state index contributed by atoms with van der Waals surface area (Å²) in [6.45, 7) is 0.334. The second-order valence-corrected chi connectivity index (χ2v) is 6.41. The van der Waals surface area contributed by atoms with Crippen LogP contribution < -0.4 is 5.32 Å². The van der Waals surface area contributed by atoms with Crippen LogP contribution in [0, 0.1) is 0 Å². The Morgan fingerprint density at radius 3 is 1.92 bits per heavy atom. The van der Waals surface area contributed by atoms with Gasteiger partial charge < -0.3 is 14.8 Å². The number of amides is 1. The van der Waals surface area contributed by atoms with Gasteiger partial charge in [-0.15, -0.1) is 0 Å². The normalized spacial score (nSPS) is 11.4. The minimum Gasteiger partial charge on any atom is -0.459 e. The largest absolute Gasteiger partial charge is 0.459 e. The fourth-order valence-electron chi connectivity index (χ4n) is 2.09. The highest BCUT2D eigenvalue weighted by atomic mass is 127. The van der Waals surface area contributed by atoms with Crippen LogP contribution in [0.3, 0.4) is 0 Å². The van der Waals surface area contributed by atoms with Crippen LogP contribution >= 0.6 is 22.6 Å². The summed E-state index contributed by atoms with van der Waals surface area (Å²) in [4.78, 5) is 24.2. The number of nitrogens with one attached hydrogen (secondary N) is 1. The van der Waals surface area contributed by atoms with Gasteiger partial charge >= 0.3 is 12.1 Å². The molecule has 1 unspecified atom stereocenters. The van der Waals surface area contributed by atoms with Crippen molar-refractivity contribution in [3.63, 3.8) is 0 Å². The van der Waals surface area contributed by atoms with Gasteiger partial charge in [0.15, 0.2) is 0 Å². The first-order valence-corrected chi connectivity index (χ1v) is 9.45. The molecule has 2 aromatic rings. The Morgan fingerprint density at radius 2 is 1.40 bits per heavy atom. The van der Waals surface area contributed by atoms with Crippen LogP contribution in [-0.4, -0.2) is 22.5 Å². The maximum absolute atomic E-state index is 12.2. The number of rotatable bonds is 8. The second-order valence-electron chi connectivity index (χ2n) is 5.33. The highest BCUT2D eigenvalue weighted by molar-refractivity contribution is 14.1. The first kappa shape index (κ1) is 19.2. The molecule has 0 fully saturated rings. The molecule has 0 spiro atoms. The quantitative estimate of drug-likeness (QED) is 0.375. The molecule has 5 nitrogen and oxygen atoms in total. The molecule has 2 aromatic carbocycles. The van der Waals surface area contributed by atoms with E-state index >= 15 is 0 Å². The van der Waals surface area contributed by atoms with Gasteiger partial charge in [0.05, 0.1) is 0 Å². The molecule has 6 heteroatoms. The summed E-state index contributed by atoms with van der Waals surface area (Å²) in [7, 11) is 0. The van der Waals surface area contributed by atoms with E-state index in [-0.39, 0.29) is 13.2 Å². The molecule has 25 heavy (non-hydrogen) atoms. The predicted octanol–water partition coefficient (Wildman–Crippen LogP) is 3.85. The lowest BCUT2D eigenvalue weighted by Crippen LogP contribution is -2.42. The average Bonchev–Trinajstić information content (AvgIpc) is 2.66. The number of ether oxygens (including phenoxy) is 2. The lowest BCUT2D eigenvalue weighted by atomic mass is 10.2. The first-order chi connectivity index (χ1) is 12.2. The SMILES string of the molecule is O=C(NC(CCI)C(=O)OCc1ccccc1)OCc1ccccc1. The van der Waals surface area contributed by atoms with E-state index in [1.807, 2.05) is 60.7 Å². The Morgan fingerprint density at radius 1 is 0.880 bits per heavy atom. The van der Waals surface area contributed by atoms with E-state index in [1.54, 1.807) is 0 Å². The summed E-state index contributed by atoms with van der Waals surface area (Å²) in [6.07, 6.45) is -0.149. The van der Waals surface area contributed by atoms with Gasteiger partial charge in [-0.25, -0.2) is 9.59 Å². The zero-order chi connectivity index (χ0) is 17.9. The number of esters is 1. The summed E-state index contributed by atoms with van der Waals surface area (Å²) in [5, 5.41) is 2.58. The summed E-state index contributed by atoms with van der Waals surface area (Å²) in [5.41, 5.74) is 1.78. The lowest BCUT2D eigenvalue weighted by molar-refractivity contribution is -0.147. The molecule has 0 bridgehead atoms. The van der Waals surface area contributed by atoms with Gasteiger partial charge in [-0.1, -0.05) is 83.3 Å². The maximum Gasteiger partial charge on any atom is 0.408 e. The Hall–Kier alpha value is -2.09. The number of hydrogen-bond acceptors (Lipinski definition) is 4. The Labute approximate surface area is 160 Å². The van der Waals surface area contributed by atoms with Crippen molar-refractivity contribution in [3.8, 4) is 0 Å². The van der Waals surface area contributed by atoms with Crippen molar-refractivity contribution >= 4 is 34.7 Å². The van der Waals surface area contributed by atoms with Crippen LogP contribution in [-0.2, 0) is 27.5 Å². The second kappa shape index (κ2) is 10.7. The molecule has 0 saturated carbocycles. The zero-order valence-electron chi connectivity index (χ0n) is 13.7. The van der Waals surface area contributed by atoms with Gasteiger partial charge in [0.25, 0.3) is 0 Å². The third-order valence-electron chi connectivity index (χ3n) is 3.41. The monoisotopic (exact) mass is 453 g/mol. The highest BCUT2D eigenvalue weighted by Gasteiger charge is 2.22. The first-order valence-electron chi connectivity index (χ1n) is 7.93. The van der Waals surface area contributed by atoms with Crippen molar-refractivity contribution in [2.24, 2.45) is 0 Å². The van der Waals surface area contributed by atoms with E-state index in [1.165, 1.54) is 0 Å². The van der Waals surface area contributed by atoms with E-state index in [4.69, 9.17) is 9.47 Å². The molecule has 1 N–H and O–H groups in total. The average molecular weight is 453 g/mol. The molecule has 1 amide bonds. The van der Waals surface area contributed by atoms with Crippen LogP contribution in [0.5, 0.6) is 0 Å². The molecule has 0 aliphatic rings. The number of alkyl halides is 1. The van der Waals surface area contributed by atoms with Gasteiger partial charge in [-0.3, -0.25) is 0 Å². The molecule has 0 saturated heterocycles. The van der Waals surface area contributed by atoms with Crippen molar-refractivity contribution in [1.29, 1.82) is 0 Å². The molecule has 132 valence electrons. The van der Waals surface area contributed by atoms with E-state index in [0.29, 0.717) is 10.8 Å². The van der Waals surface area contributed by atoms with Crippen LogP contribution in [0.25, 0.3) is 0 Å². The number of alkyl carbamates (subject to hydrolysis) is 1. The molecule has 0 aromatic heterocycles. The van der Waals surface area contributed by atoms with E-state index < -0.39 is 18.1 Å². The summed E-state index contributed by atoms with van der Waals surface area (Å²) >= 11 is 2.15. The summed E-state index contributed by atoms with van der Waals surface area (Å²) in [5.74, 6) is -0.461. The molecule has 0 aliphatic carbocycles. The van der Waals surface area contributed by atoms with Crippen LogP contribution in [0.4, 0.5) is 4.79 Å². The van der Waals surface area contributed by atoms with Crippen molar-refractivity contribution in [2.75, 3.05) is 4.43 Å². The third-order valence-corrected chi connectivity index (χ3v) is 4.03. The lowest BCUT2D eigenvalue weighted by Gasteiger charge is -2.16. The Bertz CT molecular complexity index is 664. The maximum atomic E-state index is 12.2. The molecule has 0 heterocycles. The van der Waals surface area contributed by atoms with Gasteiger partial charge in [-0.05, 0) is 17.5 Å². The number of benzene rings is 2. The van der Waals surface area contributed by atoms with Gasteiger partial charge in [0.1, 0.15) is 19.3 Å². The molecule has 2 rings (SSSR count). The van der Waals surface area contributed by atoms with Crippen molar-refractivity contribution < 1.29 is 19.1 Å². The zero-order valence-corrected chi connectivity index (χ0v) is 15.8. The molecular formula is C19H20INO4. The number of carbonyl (C=O) groups is 2. The topological polar surface area (TPSA) is 64.6 Å². The Kier molecular flexibility index (Phi) is 8.24. The fourth-order valence-corrected chi connectivity index (χ4v) is 2.72. The van der Waals surface area contributed by atoms with Crippen LogP contribution in [0.2, 0.25) is 0 Å². The summed E-state index contributed by atoms with van der Waals surface area (Å²) < 4.78 is 11.2. The Balaban J connectivity index is 1.81. The molecule has 1 atom stereocenters. The standard InChI is InChI=1S/C19H20INO4/c20-12-11-17(18(22)24-13-15-7-3-1-4-8-15)21-19(23)25-14-16-9-5-2-6-10-16/h1-10,17H,11-14H2,(H,21,23). The molecular weight excluding hydrogens is 433 g/mol. The minimum atomic E-state index is -0.719. The number of halogens is 1. The van der Waals surface area contributed by atoms with Gasteiger partial charge in [-0.2, -0.15) is 0 Å². The van der Waals surface area contributed by atoms with E-state index in [0.717, 1.165) is 11.1 Å². The van der Waals surface area contributed by atoms with E-state index in [2.05, 4.69) is 27.9 Å². The van der Waals surface area contributed by atoms with Crippen molar-refractivity contribution in [3.05, 3.63) is 71.8 Å². The minimum absolute atomic E-state index is 0.155. The van der Waals surface area contributed by atoms with Crippen molar-refractivity contribution in [1.82, 2.24) is 5.32 Å². The molecule has 0 aliphatic heterocycles. The highest BCUT2D eigenvalue weighted by Crippen LogP contribution is 2.06. The predicted molar refractivity (Wildman–Crippen MR) is 103 cm³/mol. The van der Waals surface area contributed by atoms with E-state index in [9.17, 15) is 9.59 Å². The smallest absolute Gasteiger partial charge is 0.408 e. The van der Waals surface area contributed by atoms with Crippen LogP contribution in [0.15, 0.2) is 60.7 Å². The van der Waals surface area contributed by atoms with Gasteiger partial charge in [0.2, 0.25) is 0 Å². The fraction of sp³-hybridized carbons (Fsp3) is 0.263. The number of hydrogen-bond donors (Lipinski definition) is 1. The van der Waals surface area contributed by atoms with Gasteiger partial charge in [0, 0.05) is 4.43 Å². The van der Waals surface area contributed by atoms with Crippen molar-refractivity contribution in [2.45, 2.75) is 25.7 Å². The third kappa shape index (κ3) is 7.13. The molecule has 0 radical (unpaired) electrons. The number of carbonyl (C=O) groups excluding carboxylic acids is 2. The summed E-state index contributed by atoms with van der Waals surface area (Å²) in [6, 6.07) is 18.1. The van der Waals surface area contributed by atoms with Crippen LogP contribution in [0.1, 0.15) is 17.5 Å².